The molecule has 0 bridgehead atoms. The van der Waals surface area contributed by atoms with Crippen LogP contribution in [-0.4, -0.2) is 62.2 Å². The Morgan fingerprint density at radius 3 is 1.88 bits per heavy atom. The largest absolute Gasteiger partial charge is 1.00 e. The Labute approximate surface area is 192 Å². The predicted molar refractivity (Wildman–Crippen MR) is 96.4 cm³/mol. The molecule has 3 saturated heterocycles. The molecule has 0 radical (unpaired) electrons. The van der Waals surface area contributed by atoms with Gasteiger partial charge in [-0.05, 0) is 89.6 Å². The second-order valence-corrected chi connectivity index (χ2v) is 8.93. The Balaban J connectivity index is 0.00000169. The maximum Gasteiger partial charge on any atom is 1.00 e. The Morgan fingerprint density at radius 2 is 1.33 bits per heavy atom. The molecule has 1 spiro atoms. The van der Waals surface area contributed by atoms with Gasteiger partial charge in [0, 0.05) is 13.1 Å². The molecule has 4 fully saturated rings. The quantitative estimate of drug-likeness (QED) is 0.554. The van der Waals surface area contributed by atoms with Crippen LogP contribution in [0.5, 0.6) is 0 Å². The van der Waals surface area contributed by atoms with Gasteiger partial charge in [-0.25, -0.2) is 0 Å². The second-order valence-electron chi connectivity index (χ2n) is 8.93. The van der Waals surface area contributed by atoms with E-state index in [2.05, 4.69) is 21.5 Å². The average molecular weight is 358 g/mol. The van der Waals surface area contributed by atoms with Gasteiger partial charge in [-0.1, -0.05) is 5.41 Å². The molecule has 1 N–H and O–H groups in total. The third-order valence-corrected chi connectivity index (χ3v) is 7.27. The number of nitrogens with zero attached hydrogens (tertiary/aromatic N) is 2. The molecule has 0 aromatic carbocycles. The smallest absolute Gasteiger partial charge is 0.328 e. The van der Waals surface area contributed by atoms with Gasteiger partial charge in [0.2, 0.25) is 0 Å². The molecule has 0 amide bonds. The van der Waals surface area contributed by atoms with Crippen LogP contribution in [0.25, 0.3) is 0 Å². The van der Waals surface area contributed by atoms with Crippen molar-refractivity contribution >= 4 is 0 Å². The van der Waals surface area contributed by atoms with Crippen molar-refractivity contribution in [3.63, 3.8) is 0 Å². The van der Waals surface area contributed by atoms with Gasteiger partial charge in [0.1, 0.15) is 0 Å². The summed E-state index contributed by atoms with van der Waals surface area (Å²) in [6.07, 6.45) is 13.9. The average Bonchev–Trinajstić information content (AvgIpc) is 2.57. The van der Waals surface area contributed by atoms with Gasteiger partial charge in [0.25, 0.3) is 0 Å². The molecule has 132 valence electrons. The Kier molecular flexibility index (Phi) is 8.13. The number of likely N-dealkylation sites (tertiary alicyclic amines) is 2. The first-order valence-corrected chi connectivity index (χ1v) is 10.3. The van der Waals surface area contributed by atoms with Crippen molar-refractivity contribution in [1.29, 1.82) is 0 Å². The second kappa shape index (κ2) is 9.63. The summed E-state index contributed by atoms with van der Waals surface area (Å²) in [5.41, 5.74) is 0.759. The Morgan fingerprint density at radius 1 is 0.792 bits per heavy atom. The third kappa shape index (κ3) is 5.28. The molecule has 1 saturated carbocycles. The molecule has 4 heteroatoms. The van der Waals surface area contributed by atoms with Crippen molar-refractivity contribution in [2.24, 2.45) is 17.3 Å². The first kappa shape index (κ1) is 20.3. The van der Waals surface area contributed by atoms with E-state index in [1.54, 1.807) is 0 Å². The normalized spacial score (nSPS) is 30.0. The molecule has 24 heavy (non-hydrogen) atoms. The van der Waals surface area contributed by atoms with E-state index < -0.39 is 0 Å². The zero-order valence-corrected chi connectivity index (χ0v) is 19.1. The number of piperidine rings is 3. The van der Waals surface area contributed by atoms with Crippen molar-refractivity contribution in [3.8, 4) is 0 Å². The first-order chi connectivity index (χ1) is 11.3. The van der Waals surface area contributed by atoms with E-state index in [-0.39, 0.29) is 51.4 Å². The van der Waals surface area contributed by atoms with E-state index in [0.29, 0.717) is 0 Å². The predicted octanol–water partition coefficient (Wildman–Crippen LogP) is -0.218. The number of hydrogen-bond acceptors (Lipinski definition) is 3. The van der Waals surface area contributed by atoms with Crippen LogP contribution in [-0.2, 0) is 0 Å². The summed E-state index contributed by atoms with van der Waals surface area (Å²) >= 11 is 0. The van der Waals surface area contributed by atoms with Gasteiger partial charge in [0.05, 0.1) is 0 Å². The summed E-state index contributed by atoms with van der Waals surface area (Å²) in [5, 5.41) is 3.49. The summed E-state index contributed by atoms with van der Waals surface area (Å²) in [6, 6.07) is 0. The van der Waals surface area contributed by atoms with Crippen molar-refractivity contribution in [2.45, 2.75) is 51.4 Å². The van der Waals surface area contributed by atoms with Gasteiger partial charge in [-0.2, -0.15) is 12.8 Å². The van der Waals surface area contributed by atoms with Gasteiger partial charge >= 0.3 is 51.4 Å². The molecule has 3 heterocycles. The topological polar surface area (TPSA) is 18.5 Å². The molecule has 4 aliphatic rings. The minimum absolute atomic E-state index is 0. The molecule has 0 unspecified atom stereocenters. The van der Waals surface area contributed by atoms with E-state index in [1.807, 2.05) is 0 Å². The van der Waals surface area contributed by atoms with Crippen molar-refractivity contribution in [3.05, 3.63) is 6.42 Å². The van der Waals surface area contributed by atoms with Crippen LogP contribution in [0.4, 0.5) is 0 Å². The zero-order chi connectivity index (χ0) is 15.5. The number of hydrogen-bond donors (Lipinski definition) is 1. The molecule has 4 rings (SSSR count). The van der Waals surface area contributed by atoms with E-state index in [4.69, 9.17) is 0 Å². The van der Waals surface area contributed by atoms with Crippen molar-refractivity contribution in [1.82, 2.24) is 15.1 Å². The van der Waals surface area contributed by atoms with Gasteiger partial charge in [-0.15, -0.1) is 0 Å². The van der Waals surface area contributed by atoms with Gasteiger partial charge in [-0.3, -0.25) is 0 Å². The summed E-state index contributed by atoms with van der Waals surface area (Å²) in [6.45, 7) is 10.7. The molecule has 1 aliphatic carbocycles. The van der Waals surface area contributed by atoms with Crippen molar-refractivity contribution in [2.75, 3.05) is 52.4 Å². The standard InChI is InChI=1S/C20H36N3.K/c1-6-20(7-1)8-14-23(15-9-20)17-19-4-12-22(13-5-19)16-18-2-10-21-11-3-18;/h1,18-19,21H,2-17H2;/q-1;+1. The molecule has 0 atom stereocenters. The SMILES string of the molecule is [CH-]1CC2(C1)CCN(CC1CCN(CC3CCNCC3)CC1)CC2.[K+]. The minimum atomic E-state index is 0. The fourth-order valence-electron chi connectivity index (χ4n) is 5.32. The first-order valence-electron chi connectivity index (χ1n) is 10.3. The summed E-state index contributed by atoms with van der Waals surface area (Å²) in [4.78, 5) is 5.55. The van der Waals surface area contributed by atoms with E-state index in [1.165, 1.54) is 104 Å². The van der Waals surface area contributed by atoms with Crippen LogP contribution in [0.1, 0.15) is 51.4 Å². The third-order valence-electron chi connectivity index (χ3n) is 7.27. The van der Waals surface area contributed by atoms with Crippen LogP contribution >= 0.6 is 0 Å². The minimum Gasteiger partial charge on any atom is -0.328 e. The maximum atomic E-state index is 3.49. The number of nitrogens with one attached hydrogen (secondary N) is 1. The molecule has 0 aromatic rings. The number of rotatable bonds is 4. The van der Waals surface area contributed by atoms with Crippen molar-refractivity contribution < 1.29 is 51.4 Å². The molecule has 3 nitrogen and oxygen atoms in total. The zero-order valence-electron chi connectivity index (χ0n) is 15.9. The van der Waals surface area contributed by atoms with Gasteiger partial charge in [0.15, 0.2) is 0 Å². The van der Waals surface area contributed by atoms with E-state index >= 15 is 0 Å². The van der Waals surface area contributed by atoms with E-state index in [0.717, 1.165) is 17.3 Å². The molecule has 3 aliphatic heterocycles. The summed E-state index contributed by atoms with van der Waals surface area (Å²) in [5.74, 6) is 1.94. The Hall–Kier alpha value is 1.52. The molecule has 0 aromatic heterocycles. The Bertz CT molecular complexity index is 361. The molecular weight excluding hydrogens is 321 g/mol. The van der Waals surface area contributed by atoms with Crippen LogP contribution in [0.3, 0.4) is 0 Å². The van der Waals surface area contributed by atoms with Gasteiger partial charge < -0.3 is 21.5 Å². The fraction of sp³-hybridized carbons (Fsp3) is 0.950. The summed E-state index contributed by atoms with van der Waals surface area (Å²) < 4.78 is 0. The van der Waals surface area contributed by atoms with Crippen LogP contribution in [0, 0.1) is 23.7 Å². The van der Waals surface area contributed by atoms with Crippen LogP contribution in [0.2, 0.25) is 0 Å². The van der Waals surface area contributed by atoms with Crippen LogP contribution in [0.15, 0.2) is 0 Å². The van der Waals surface area contributed by atoms with Crippen LogP contribution < -0.4 is 56.7 Å². The monoisotopic (exact) mass is 357 g/mol. The fourth-order valence-corrected chi connectivity index (χ4v) is 5.32. The molecular formula is C20H36KN3. The van der Waals surface area contributed by atoms with E-state index in [9.17, 15) is 0 Å². The maximum absolute atomic E-state index is 3.49. The summed E-state index contributed by atoms with van der Waals surface area (Å²) in [7, 11) is 0.